The maximum Gasteiger partial charge on any atom is 0.201 e. The van der Waals surface area contributed by atoms with Gasteiger partial charge in [-0.3, -0.25) is 0 Å². The minimum absolute atomic E-state index is 0.205. The highest BCUT2D eigenvalue weighted by Gasteiger charge is 2.40. The lowest BCUT2D eigenvalue weighted by molar-refractivity contribution is 0.119. The molecule has 2 aromatic rings. The van der Waals surface area contributed by atoms with Crippen LogP contribution in [0.5, 0.6) is 0 Å². The fourth-order valence-electron chi connectivity index (χ4n) is 4.13. The normalized spacial score (nSPS) is 21.0. The Kier molecular flexibility index (Phi) is 7.32. The van der Waals surface area contributed by atoms with Crippen LogP contribution in [0.1, 0.15) is 78.8 Å². The van der Waals surface area contributed by atoms with Crippen molar-refractivity contribution >= 4 is 33.6 Å². The first kappa shape index (κ1) is 26.4. The maximum absolute atomic E-state index is 6.69. The zero-order valence-corrected chi connectivity index (χ0v) is 24.7. The molecule has 0 spiro atoms. The molecule has 3 rings (SSSR count). The Morgan fingerprint density at radius 2 is 1.52 bits per heavy atom. The summed E-state index contributed by atoms with van der Waals surface area (Å²) in [5.41, 5.74) is 9.71. The van der Waals surface area contributed by atoms with Crippen LogP contribution in [-0.2, 0) is 15.5 Å². The van der Waals surface area contributed by atoms with Crippen molar-refractivity contribution in [3.05, 3.63) is 23.8 Å². The molecule has 1 aromatic heterocycles. The van der Waals surface area contributed by atoms with Crippen LogP contribution >= 0.6 is 0 Å². The minimum atomic E-state index is -1.78. The van der Waals surface area contributed by atoms with Gasteiger partial charge in [0.15, 0.2) is 16.6 Å². The van der Waals surface area contributed by atoms with E-state index in [0.29, 0.717) is 24.7 Å². The Labute approximate surface area is 203 Å². The van der Waals surface area contributed by atoms with E-state index < -0.39 is 16.6 Å². The third-order valence-corrected chi connectivity index (χ3v) is 17.5. The number of hydrogen-bond acceptors (Lipinski definition) is 4. The molecule has 1 saturated carbocycles. The highest BCUT2D eigenvalue weighted by molar-refractivity contribution is 6.74. The number of nitrogens with zero attached hydrogens (tertiary/aromatic N) is 2. The van der Waals surface area contributed by atoms with Crippen LogP contribution in [0.2, 0.25) is 36.3 Å². The van der Waals surface area contributed by atoms with Crippen LogP contribution in [0.3, 0.4) is 0 Å². The summed E-state index contributed by atoms with van der Waals surface area (Å²) in [4.78, 5) is 4.73. The molecule has 1 aliphatic carbocycles. The number of aromatic nitrogens is 2. The van der Waals surface area contributed by atoms with Crippen molar-refractivity contribution in [3.63, 3.8) is 0 Å². The van der Waals surface area contributed by atoms with Crippen molar-refractivity contribution in [1.29, 1.82) is 0 Å². The quantitative estimate of drug-likeness (QED) is 0.423. The first-order valence-electron chi connectivity index (χ1n) is 12.6. The van der Waals surface area contributed by atoms with Gasteiger partial charge in [-0.2, -0.15) is 0 Å². The van der Waals surface area contributed by atoms with Crippen molar-refractivity contribution in [3.8, 4) is 0 Å². The molecule has 1 aliphatic rings. The number of anilines is 1. The summed E-state index contributed by atoms with van der Waals surface area (Å²) in [5.74, 6) is 0.626. The van der Waals surface area contributed by atoms with E-state index in [-0.39, 0.29) is 10.1 Å². The molecule has 0 radical (unpaired) electrons. The van der Waals surface area contributed by atoms with Crippen LogP contribution in [0, 0.1) is 0 Å². The molecule has 33 heavy (non-hydrogen) atoms. The van der Waals surface area contributed by atoms with E-state index in [1.807, 2.05) is 0 Å². The molecule has 0 atom stereocenters. The van der Waals surface area contributed by atoms with Crippen molar-refractivity contribution < 1.29 is 8.85 Å². The summed E-state index contributed by atoms with van der Waals surface area (Å²) in [6.45, 7) is 23.7. The number of hydrogen-bond donors (Lipinski definition) is 1. The van der Waals surface area contributed by atoms with Gasteiger partial charge in [-0.1, -0.05) is 47.6 Å². The number of rotatable bonds is 6. The molecular formula is C26H47N3O2Si2. The smallest absolute Gasteiger partial charge is 0.201 e. The monoisotopic (exact) mass is 489 g/mol. The second-order valence-electron chi connectivity index (χ2n) is 13.0. The third-order valence-electron chi connectivity index (χ3n) is 8.46. The Morgan fingerprint density at radius 1 is 0.939 bits per heavy atom. The van der Waals surface area contributed by atoms with Gasteiger partial charge in [0.25, 0.3) is 0 Å². The molecule has 0 saturated heterocycles. The van der Waals surface area contributed by atoms with Gasteiger partial charge < -0.3 is 19.2 Å². The second-order valence-corrected chi connectivity index (χ2v) is 22.6. The number of fused-ring (bicyclic) bond motifs is 1. The number of nitrogens with two attached hydrogens (primary N) is 1. The van der Waals surface area contributed by atoms with Gasteiger partial charge in [0.05, 0.1) is 17.6 Å². The number of nitrogen functional groups attached to an aromatic ring is 1. The summed E-state index contributed by atoms with van der Waals surface area (Å²) < 4.78 is 15.4. The molecule has 186 valence electrons. The van der Waals surface area contributed by atoms with Crippen LogP contribution in [0.15, 0.2) is 18.2 Å². The summed E-state index contributed by atoms with van der Waals surface area (Å²) in [6, 6.07) is 6.91. The third kappa shape index (κ3) is 5.74. The highest BCUT2D eigenvalue weighted by atomic mass is 28.4. The molecule has 0 aliphatic heterocycles. The van der Waals surface area contributed by atoms with Crippen LogP contribution in [0.4, 0.5) is 5.95 Å². The van der Waals surface area contributed by atoms with E-state index in [1.54, 1.807) is 0 Å². The van der Waals surface area contributed by atoms with Crippen LogP contribution < -0.4 is 5.73 Å². The van der Waals surface area contributed by atoms with E-state index in [0.717, 1.165) is 36.7 Å². The Hall–Kier alpha value is -1.16. The van der Waals surface area contributed by atoms with Gasteiger partial charge in [0.1, 0.15) is 0 Å². The zero-order chi connectivity index (χ0) is 24.8. The van der Waals surface area contributed by atoms with Gasteiger partial charge >= 0.3 is 0 Å². The van der Waals surface area contributed by atoms with Crippen molar-refractivity contribution in [2.24, 2.45) is 0 Å². The van der Waals surface area contributed by atoms with E-state index in [4.69, 9.17) is 19.6 Å². The molecule has 0 bridgehead atoms. The lowest BCUT2D eigenvalue weighted by Crippen LogP contribution is -2.44. The average Bonchev–Trinajstić information content (AvgIpc) is 3.00. The topological polar surface area (TPSA) is 62.3 Å². The lowest BCUT2D eigenvalue weighted by atomic mass is 9.93. The van der Waals surface area contributed by atoms with Gasteiger partial charge in [0, 0.05) is 12.1 Å². The van der Waals surface area contributed by atoms with E-state index in [9.17, 15) is 0 Å². The fourth-order valence-corrected chi connectivity index (χ4v) is 6.51. The van der Waals surface area contributed by atoms with Crippen molar-refractivity contribution in [2.75, 3.05) is 5.73 Å². The lowest BCUT2D eigenvalue weighted by Gasteiger charge is -2.41. The predicted octanol–water partition coefficient (Wildman–Crippen LogP) is 7.65. The molecule has 1 fully saturated rings. The molecule has 2 N–H and O–H groups in total. The van der Waals surface area contributed by atoms with E-state index in [1.165, 1.54) is 5.56 Å². The molecule has 5 nitrogen and oxygen atoms in total. The fraction of sp³-hybridized carbons (Fsp3) is 0.731. The molecule has 0 amide bonds. The largest absolute Gasteiger partial charge is 0.414 e. The van der Waals surface area contributed by atoms with E-state index >= 15 is 0 Å². The second kappa shape index (κ2) is 9.13. The van der Waals surface area contributed by atoms with Crippen molar-refractivity contribution in [1.82, 2.24) is 9.55 Å². The van der Waals surface area contributed by atoms with Crippen molar-refractivity contribution in [2.45, 2.75) is 122 Å². The van der Waals surface area contributed by atoms with Crippen LogP contribution in [0.25, 0.3) is 11.0 Å². The average molecular weight is 490 g/mol. The SMILES string of the molecule is CC(C)(C)[Si](C)(C)OCc1ccc2c(c1)nc(N)n2C1CCC(O[Si](C)(C)C(C)(C)C)CC1. The van der Waals surface area contributed by atoms with Crippen LogP contribution in [-0.4, -0.2) is 32.3 Å². The standard InChI is InChI=1S/C26H47N3O2Si2/c1-25(2,3)32(7,8)30-18-19-11-16-23-22(17-19)28-24(27)29(23)20-12-14-21(15-13-20)31-33(9,10)26(4,5)6/h11,16-17,20-21H,12-15,18H2,1-10H3,(H2,27,28). The summed E-state index contributed by atoms with van der Waals surface area (Å²) in [6.07, 6.45) is 4.73. The molecule has 1 heterocycles. The minimum Gasteiger partial charge on any atom is -0.414 e. The van der Waals surface area contributed by atoms with Gasteiger partial charge in [0.2, 0.25) is 5.95 Å². The number of benzene rings is 1. The van der Waals surface area contributed by atoms with Gasteiger partial charge in [-0.25, -0.2) is 4.98 Å². The Bertz CT molecular complexity index is 962. The molecular weight excluding hydrogens is 442 g/mol. The molecule has 0 unspecified atom stereocenters. The maximum atomic E-state index is 6.69. The van der Waals surface area contributed by atoms with Gasteiger partial charge in [-0.15, -0.1) is 0 Å². The summed E-state index contributed by atoms with van der Waals surface area (Å²) in [7, 11) is -3.51. The van der Waals surface area contributed by atoms with E-state index in [2.05, 4.69) is 90.5 Å². The predicted molar refractivity (Wildman–Crippen MR) is 146 cm³/mol. The molecule has 1 aromatic carbocycles. The summed E-state index contributed by atoms with van der Waals surface area (Å²) in [5, 5.41) is 0.455. The van der Waals surface area contributed by atoms with Gasteiger partial charge in [-0.05, 0) is 79.6 Å². The Balaban J connectivity index is 1.70. The first-order valence-corrected chi connectivity index (χ1v) is 18.4. The highest BCUT2D eigenvalue weighted by Crippen LogP contribution is 2.41. The Morgan fingerprint density at radius 3 is 2.06 bits per heavy atom. The summed E-state index contributed by atoms with van der Waals surface area (Å²) >= 11 is 0. The molecule has 7 heteroatoms. The first-order chi connectivity index (χ1) is 15.0. The zero-order valence-electron chi connectivity index (χ0n) is 22.7. The number of imidazole rings is 1.